The van der Waals surface area contributed by atoms with Gasteiger partial charge in [-0.15, -0.1) is 5.10 Å². The Morgan fingerprint density at radius 3 is 3.14 bits per heavy atom. The molecule has 0 aromatic carbocycles. The summed E-state index contributed by atoms with van der Waals surface area (Å²) in [4.78, 5) is 0. The van der Waals surface area contributed by atoms with Gasteiger partial charge in [-0.25, -0.2) is 0 Å². The maximum atomic E-state index is 4.10. The first-order valence-electron chi connectivity index (χ1n) is 5.48. The van der Waals surface area contributed by atoms with Crippen molar-refractivity contribution in [3.63, 3.8) is 0 Å². The van der Waals surface area contributed by atoms with Crippen molar-refractivity contribution in [2.75, 3.05) is 6.54 Å². The Hall–Kier alpha value is -0.900. The first kappa shape index (κ1) is 9.65. The van der Waals surface area contributed by atoms with E-state index in [0.29, 0.717) is 0 Å². The number of rotatable bonds is 6. The number of hydrogen-bond donors (Lipinski definition) is 1. The molecule has 4 heteroatoms. The van der Waals surface area contributed by atoms with Crippen LogP contribution >= 0.6 is 0 Å². The molecule has 0 saturated heterocycles. The van der Waals surface area contributed by atoms with E-state index in [4.69, 9.17) is 0 Å². The van der Waals surface area contributed by atoms with Gasteiger partial charge in [-0.1, -0.05) is 12.1 Å². The second kappa shape index (κ2) is 4.55. The lowest BCUT2D eigenvalue weighted by Gasteiger charge is -1.98. The third kappa shape index (κ3) is 2.80. The quantitative estimate of drug-likeness (QED) is 0.739. The van der Waals surface area contributed by atoms with Gasteiger partial charge in [0.05, 0.1) is 5.69 Å². The average molecular weight is 194 g/mol. The average Bonchev–Trinajstić information content (AvgIpc) is 2.88. The molecule has 0 atom stereocenters. The molecular formula is C10H18N4. The topological polar surface area (TPSA) is 42.7 Å². The molecular weight excluding hydrogens is 176 g/mol. The summed E-state index contributed by atoms with van der Waals surface area (Å²) in [6.07, 6.45) is 5.94. The maximum absolute atomic E-state index is 4.10. The zero-order valence-corrected chi connectivity index (χ0v) is 8.74. The minimum atomic E-state index is 0.861. The van der Waals surface area contributed by atoms with Crippen LogP contribution in [0.4, 0.5) is 0 Å². The van der Waals surface area contributed by atoms with Crippen LogP contribution in [0.5, 0.6) is 0 Å². The molecule has 1 saturated carbocycles. The molecule has 1 fully saturated rings. The highest BCUT2D eigenvalue weighted by Gasteiger charge is 2.20. The van der Waals surface area contributed by atoms with Crippen molar-refractivity contribution in [1.82, 2.24) is 20.3 Å². The summed E-state index contributed by atoms with van der Waals surface area (Å²) in [5.41, 5.74) is 1.05. The molecule has 0 amide bonds. The Bertz CT molecular complexity index is 277. The third-order valence-electron chi connectivity index (χ3n) is 2.47. The van der Waals surface area contributed by atoms with Gasteiger partial charge in [0.15, 0.2) is 0 Å². The largest absolute Gasteiger partial charge is 0.311 e. The number of nitrogens with one attached hydrogen (secondary N) is 1. The predicted molar refractivity (Wildman–Crippen MR) is 54.7 cm³/mol. The van der Waals surface area contributed by atoms with Crippen LogP contribution in [-0.2, 0) is 13.1 Å². The first-order chi connectivity index (χ1) is 6.88. The highest BCUT2D eigenvalue weighted by atomic mass is 15.4. The lowest BCUT2D eigenvalue weighted by molar-refractivity contribution is 0.578. The lowest BCUT2D eigenvalue weighted by Crippen LogP contribution is -2.16. The molecule has 1 N–H and O–H groups in total. The van der Waals surface area contributed by atoms with E-state index in [1.165, 1.54) is 12.8 Å². The zero-order chi connectivity index (χ0) is 9.80. The summed E-state index contributed by atoms with van der Waals surface area (Å²) in [5, 5.41) is 11.6. The van der Waals surface area contributed by atoms with Crippen LogP contribution in [0.3, 0.4) is 0 Å². The summed E-state index contributed by atoms with van der Waals surface area (Å²) in [6, 6.07) is 0. The summed E-state index contributed by atoms with van der Waals surface area (Å²) in [6.45, 7) is 5.11. The van der Waals surface area contributed by atoms with Crippen LogP contribution in [-0.4, -0.2) is 21.5 Å². The van der Waals surface area contributed by atoms with Crippen molar-refractivity contribution in [1.29, 1.82) is 0 Å². The standard InChI is InChI=1S/C10H18N4/c1-2-5-14-8-10(12-13-14)7-11-6-9-3-4-9/h8-9,11H,2-7H2,1H3. The Labute approximate surface area is 84.7 Å². The van der Waals surface area contributed by atoms with Crippen molar-refractivity contribution in [3.8, 4) is 0 Å². The molecule has 0 aliphatic heterocycles. The predicted octanol–water partition coefficient (Wildman–Crippen LogP) is 1.19. The molecule has 1 aliphatic carbocycles. The van der Waals surface area contributed by atoms with Gasteiger partial charge in [-0.3, -0.25) is 4.68 Å². The van der Waals surface area contributed by atoms with E-state index in [1.54, 1.807) is 0 Å². The van der Waals surface area contributed by atoms with E-state index < -0.39 is 0 Å². The molecule has 1 aromatic heterocycles. The van der Waals surface area contributed by atoms with Gasteiger partial charge in [0.25, 0.3) is 0 Å². The molecule has 1 aromatic rings. The van der Waals surface area contributed by atoms with Crippen LogP contribution in [0, 0.1) is 5.92 Å². The van der Waals surface area contributed by atoms with Gasteiger partial charge in [-0.05, 0) is 31.7 Å². The lowest BCUT2D eigenvalue weighted by atomic mass is 10.4. The van der Waals surface area contributed by atoms with Gasteiger partial charge in [0.1, 0.15) is 0 Å². The molecule has 1 heterocycles. The number of hydrogen-bond acceptors (Lipinski definition) is 3. The molecule has 2 rings (SSSR count). The number of aromatic nitrogens is 3. The molecule has 0 radical (unpaired) electrons. The van der Waals surface area contributed by atoms with Crippen LogP contribution in [0.2, 0.25) is 0 Å². The van der Waals surface area contributed by atoms with Gasteiger partial charge in [0, 0.05) is 19.3 Å². The molecule has 0 spiro atoms. The minimum Gasteiger partial charge on any atom is -0.311 e. The smallest absolute Gasteiger partial charge is 0.0964 e. The van der Waals surface area contributed by atoms with Gasteiger partial charge >= 0.3 is 0 Å². The Morgan fingerprint density at radius 2 is 2.43 bits per heavy atom. The van der Waals surface area contributed by atoms with E-state index in [2.05, 4.69) is 22.6 Å². The maximum Gasteiger partial charge on any atom is 0.0964 e. The van der Waals surface area contributed by atoms with Crippen molar-refractivity contribution < 1.29 is 0 Å². The Morgan fingerprint density at radius 1 is 1.57 bits per heavy atom. The van der Waals surface area contributed by atoms with E-state index in [9.17, 15) is 0 Å². The molecule has 0 unspecified atom stereocenters. The van der Waals surface area contributed by atoms with Gasteiger partial charge < -0.3 is 5.32 Å². The fourth-order valence-electron chi connectivity index (χ4n) is 1.48. The number of nitrogens with zero attached hydrogens (tertiary/aromatic N) is 3. The third-order valence-corrected chi connectivity index (χ3v) is 2.47. The SMILES string of the molecule is CCCn1cc(CNCC2CC2)nn1. The highest BCUT2D eigenvalue weighted by Crippen LogP contribution is 2.27. The van der Waals surface area contributed by atoms with Gasteiger partial charge in [0.2, 0.25) is 0 Å². The Kier molecular flexibility index (Phi) is 3.14. The van der Waals surface area contributed by atoms with Crippen molar-refractivity contribution in [2.24, 2.45) is 5.92 Å². The van der Waals surface area contributed by atoms with Crippen LogP contribution < -0.4 is 5.32 Å². The number of aryl methyl sites for hydroxylation is 1. The summed E-state index contributed by atoms with van der Waals surface area (Å²) in [7, 11) is 0. The fraction of sp³-hybridized carbons (Fsp3) is 0.800. The van der Waals surface area contributed by atoms with Crippen LogP contribution in [0.25, 0.3) is 0 Å². The fourth-order valence-corrected chi connectivity index (χ4v) is 1.48. The van der Waals surface area contributed by atoms with E-state index >= 15 is 0 Å². The summed E-state index contributed by atoms with van der Waals surface area (Å²) in [5.74, 6) is 0.931. The molecule has 78 valence electrons. The van der Waals surface area contributed by atoms with Gasteiger partial charge in [-0.2, -0.15) is 0 Å². The molecule has 1 aliphatic rings. The second-order valence-electron chi connectivity index (χ2n) is 4.05. The normalized spacial score (nSPS) is 16.1. The monoisotopic (exact) mass is 194 g/mol. The minimum absolute atomic E-state index is 0.861. The Balaban J connectivity index is 1.71. The van der Waals surface area contributed by atoms with E-state index in [1.807, 2.05) is 10.9 Å². The van der Waals surface area contributed by atoms with Crippen molar-refractivity contribution >= 4 is 0 Å². The van der Waals surface area contributed by atoms with E-state index in [0.717, 1.165) is 37.7 Å². The highest BCUT2D eigenvalue weighted by molar-refractivity contribution is 4.91. The first-order valence-corrected chi connectivity index (χ1v) is 5.48. The van der Waals surface area contributed by atoms with Crippen molar-refractivity contribution in [2.45, 2.75) is 39.3 Å². The van der Waals surface area contributed by atoms with E-state index in [-0.39, 0.29) is 0 Å². The van der Waals surface area contributed by atoms with Crippen LogP contribution in [0.15, 0.2) is 6.20 Å². The van der Waals surface area contributed by atoms with Crippen molar-refractivity contribution in [3.05, 3.63) is 11.9 Å². The summed E-state index contributed by atoms with van der Waals surface area (Å²) >= 11 is 0. The molecule has 4 nitrogen and oxygen atoms in total. The zero-order valence-electron chi connectivity index (χ0n) is 8.74. The van der Waals surface area contributed by atoms with Crippen LogP contribution in [0.1, 0.15) is 31.9 Å². The molecule has 14 heavy (non-hydrogen) atoms. The second-order valence-corrected chi connectivity index (χ2v) is 4.05. The molecule has 0 bridgehead atoms. The summed E-state index contributed by atoms with van der Waals surface area (Å²) < 4.78 is 1.91.